The Labute approximate surface area is 117 Å². The number of hydrogen-bond donors (Lipinski definition) is 1. The molecule has 2 saturated carbocycles. The highest BCUT2D eigenvalue weighted by Gasteiger charge is 2.25. The van der Waals surface area contributed by atoms with E-state index in [1.165, 1.54) is 32.1 Å². The van der Waals surface area contributed by atoms with E-state index in [1.54, 1.807) is 0 Å². The lowest BCUT2D eigenvalue weighted by Crippen LogP contribution is -2.32. The predicted octanol–water partition coefficient (Wildman–Crippen LogP) is 3.43. The summed E-state index contributed by atoms with van der Waals surface area (Å²) in [5.74, 6) is 0. The molecule has 1 atom stereocenters. The Balaban J connectivity index is 1.59. The summed E-state index contributed by atoms with van der Waals surface area (Å²) in [6.45, 7) is 2.48. The molecule has 0 aromatic rings. The van der Waals surface area contributed by atoms with Gasteiger partial charge in [-0.05, 0) is 44.9 Å². The largest absolute Gasteiger partial charge is 0.391 e. The van der Waals surface area contributed by atoms with Crippen LogP contribution < -0.4 is 0 Å². The first-order chi connectivity index (χ1) is 9.28. The second-order valence-electron chi connectivity index (χ2n) is 6.19. The minimum Gasteiger partial charge on any atom is -0.391 e. The molecule has 1 unspecified atom stereocenters. The summed E-state index contributed by atoms with van der Waals surface area (Å²) < 4.78 is 12.0. The molecule has 19 heavy (non-hydrogen) atoms. The molecule has 0 heterocycles. The average molecular weight is 270 g/mol. The molecule has 3 nitrogen and oxygen atoms in total. The van der Waals surface area contributed by atoms with Gasteiger partial charge in [-0.15, -0.1) is 0 Å². The molecule has 0 aromatic heterocycles. The zero-order valence-corrected chi connectivity index (χ0v) is 12.4. The van der Waals surface area contributed by atoms with Crippen LogP contribution in [0.3, 0.4) is 0 Å². The molecule has 2 fully saturated rings. The van der Waals surface area contributed by atoms with Crippen LogP contribution in [0, 0.1) is 0 Å². The summed E-state index contributed by atoms with van der Waals surface area (Å²) >= 11 is 0. The van der Waals surface area contributed by atoms with Gasteiger partial charge in [0.15, 0.2) is 0 Å². The van der Waals surface area contributed by atoms with Crippen LogP contribution in [0.25, 0.3) is 0 Å². The Kier molecular flexibility index (Phi) is 6.62. The number of hydrogen-bond acceptors (Lipinski definition) is 3. The van der Waals surface area contributed by atoms with Crippen LogP contribution in [0.1, 0.15) is 71.1 Å². The highest BCUT2D eigenvalue weighted by atomic mass is 16.5. The maximum atomic E-state index is 9.51. The van der Waals surface area contributed by atoms with Gasteiger partial charge in [-0.1, -0.05) is 26.2 Å². The minimum absolute atomic E-state index is 0.295. The maximum Gasteiger partial charge on any atom is 0.0771 e. The van der Waals surface area contributed by atoms with Crippen molar-refractivity contribution in [2.45, 2.75) is 95.5 Å². The van der Waals surface area contributed by atoms with Gasteiger partial charge in [0.05, 0.1) is 31.0 Å². The lowest BCUT2D eigenvalue weighted by Gasteiger charge is -2.33. The molecule has 0 aliphatic heterocycles. The van der Waals surface area contributed by atoms with E-state index in [9.17, 15) is 5.11 Å². The van der Waals surface area contributed by atoms with Crippen LogP contribution in [0.4, 0.5) is 0 Å². The van der Waals surface area contributed by atoms with Crippen molar-refractivity contribution in [1.29, 1.82) is 0 Å². The van der Waals surface area contributed by atoms with Gasteiger partial charge in [0, 0.05) is 0 Å². The van der Waals surface area contributed by atoms with Gasteiger partial charge in [-0.25, -0.2) is 0 Å². The molecule has 0 amide bonds. The molecule has 1 N–H and O–H groups in total. The Morgan fingerprint density at radius 1 is 0.895 bits per heavy atom. The molecule has 112 valence electrons. The number of aliphatic hydroxyl groups excluding tert-OH is 1. The summed E-state index contributed by atoms with van der Waals surface area (Å²) in [6, 6.07) is 0. The van der Waals surface area contributed by atoms with Gasteiger partial charge >= 0.3 is 0 Å². The highest BCUT2D eigenvalue weighted by Crippen LogP contribution is 2.28. The third-order valence-electron chi connectivity index (χ3n) is 4.55. The molecular weight excluding hydrogens is 240 g/mol. The van der Waals surface area contributed by atoms with Crippen molar-refractivity contribution in [2.75, 3.05) is 6.61 Å². The summed E-state index contributed by atoms with van der Waals surface area (Å²) in [4.78, 5) is 0. The van der Waals surface area contributed by atoms with E-state index in [1.807, 2.05) is 6.92 Å². The summed E-state index contributed by atoms with van der Waals surface area (Å²) in [7, 11) is 0. The molecule has 0 spiro atoms. The van der Waals surface area contributed by atoms with Crippen molar-refractivity contribution in [3.63, 3.8) is 0 Å². The fourth-order valence-electron chi connectivity index (χ4n) is 3.17. The molecule has 0 aromatic carbocycles. The van der Waals surface area contributed by atoms with Crippen molar-refractivity contribution in [3.8, 4) is 0 Å². The monoisotopic (exact) mass is 270 g/mol. The lowest BCUT2D eigenvalue weighted by atomic mass is 9.93. The van der Waals surface area contributed by atoms with Gasteiger partial charge in [-0.3, -0.25) is 0 Å². The Morgan fingerprint density at radius 2 is 1.47 bits per heavy atom. The van der Waals surface area contributed by atoms with E-state index >= 15 is 0 Å². The smallest absolute Gasteiger partial charge is 0.0771 e. The normalized spacial score (nSPS) is 31.3. The van der Waals surface area contributed by atoms with E-state index < -0.39 is 0 Å². The molecule has 0 saturated heterocycles. The second-order valence-corrected chi connectivity index (χ2v) is 6.19. The van der Waals surface area contributed by atoms with Crippen LogP contribution in [0.5, 0.6) is 0 Å². The Bertz CT molecular complexity index is 230. The van der Waals surface area contributed by atoms with E-state index in [4.69, 9.17) is 9.47 Å². The first-order valence-electron chi connectivity index (χ1n) is 8.23. The molecular formula is C16H30O3. The van der Waals surface area contributed by atoms with Crippen LogP contribution in [0.15, 0.2) is 0 Å². The van der Waals surface area contributed by atoms with Gasteiger partial charge in [-0.2, -0.15) is 0 Å². The third-order valence-corrected chi connectivity index (χ3v) is 4.55. The summed E-state index contributed by atoms with van der Waals surface area (Å²) in [5, 5.41) is 9.51. The van der Waals surface area contributed by atoms with Crippen molar-refractivity contribution in [1.82, 2.24) is 0 Å². The van der Waals surface area contributed by atoms with Crippen molar-refractivity contribution in [3.05, 3.63) is 0 Å². The summed E-state index contributed by atoms with van der Waals surface area (Å²) in [6.07, 6.45) is 12.9. The number of aliphatic hydroxyl groups is 1. The van der Waals surface area contributed by atoms with Crippen molar-refractivity contribution < 1.29 is 14.6 Å². The average Bonchev–Trinajstić information content (AvgIpc) is 2.47. The molecule has 0 radical (unpaired) electrons. The second kappa shape index (κ2) is 8.23. The van der Waals surface area contributed by atoms with E-state index in [0.29, 0.717) is 24.9 Å². The predicted molar refractivity (Wildman–Crippen MR) is 76.3 cm³/mol. The van der Waals surface area contributed by atoms with E-state index in [2.05, 4.69) is 0 Å². The first kappa shape index (κ1) is 15.3. The van der Waals surface area contributed by atoms with Crippen molar-refractivity contribution in [2.24, 2.45) is 0 Å². The summed E-state index contributed by atoms with van der Waals surface area (Å²) in [5.41, 5.74) is 0. The van der Waals surface area contributed by atoms with Gasteiger partial charge in [0.1, 0.15) is 0 Å². The first-order valence-corrected chi connectivity index (χ1v) is 8.23. The fraction of sp³-hybridized carbons (Fsp3) is 1.00. The third kappa shape index (κ3) is 5.41. The lowest BCUT2D eigenvalue weighted by molar-refractivity contribution is -0.0810. The van der Waals surface area contributed by atoms with Crippen LogP contribution in [-0.4, -0.2) is 36.1 Å². The Morgan fingerprint density at radius 3 is 2.11 bits per heavy atom. The fourth-order valence-corrected chi connectivity index (χ4v) is 3.17. The van der Waals surface area contributed by atoms with Gasteiger partial charge < -0.3 is 14.6 Å². The molecule has 2 aliphatic rings. The zero-order chi connectivity index (χ0) is 13.5. The van der Waals surface area contributed by atoms with Crippen LogP contribution in [0.2, 0.25) is 0 Å². The van der Waals surface area contributed by atoms with Crippen LogP contribution >= 0.6 is 0 Å². The standard InChI is InChI=1S/C16H30O3/c1-2-13(17)12-18-14-8-10-16(11-9-14)19-15-6-4-3-5-7-15/h13-17H,2-12H2,1H3. The molecule has 3 heteroatoms. The van der Waals surface area contributed by atoms with Gasteiger partial charge in [0.25, 0.3) is 0 Å². The quantitative estimate of drug-likeness (QED) is 0.803. The Hall–Kier alpha value is -0.120. The SMILES string of the molecule is CCC(O)COC1CCC(OC2CCCCC2)CC1. The zero-order valence-electron chi connectivity index (χ0n) is 12.4. The number of ether oxygens (including phenoxy) is 2. The van der Waals surface area contributed by atoms with E-state index in [-0.39, 0.29) is 6.10 Å². The molecule has 0 bridgehead atoms. The molecule has 2 rings (SSSR count). The van der Waals surface area contributed by atoms with Gasteiger partial charge in [0.2, 0.25) is 0 Å². The molecule has 2 aliphatic carbocycles. The highest BCUT2D eigenvalue weighted by molar-refractivity contribution is 4.76. The number of rotatable bonds is 6. The van der Waals surface area contributed by atoms with Crippen molar-refractivity contribution >= 4 is 0 Å². The van der Waals surface area contributed by atoms with Crippen LogP contribution in [-0.2, 0) is 9.47 Å². The maximum absolute atomic E-state index is 9.51. The minimum atomic E-state index is -0.295. The van der Waals surface area contributed by atoms with E-state index in [0.717, 1.165) is 32.1 Å². The topological polar surface area (TPSA) is 38.7 Å².